The zero-order valence-electron chi connectivity index (χ0n) is 14.3. The molecule has 3 aromatic rings. The van der Waals surface area contributed by atoms with Gasteiger partial charge < -0.3 is 15.6 Å². The summed E-state index contributed by atoms with van der Waals surface area (Å²) in [4.78, 5) is 21.6. The largest absolute Gasteiger partial charge is 0.369 e. The Bertz CT molecular complexity index is 905. The molecule has 0 radical (unpaired) electrons. The molecule has 0 bridgehead atoms. The fourth-order valence-electron chi connectivity index (χ4n) is 3.53. The summed E-state index contributed by atoms with van der Waals surface area (Å²) in [7, 11) is 0. The van der Waals surface area contributed by atoms with Crippen LogP contribution in [0.1, 0.15) is 18.4 Å². The topological polar surface area (TPSA) is 75.0 Å². The molecule has 3 heterocycles. The van der Waals surface area contributed by atoms with Crippen LogP contribution in [-0.2, 0) is 4.79 Å². The second-order valence-electron chi connectivity index (χ2n) is 6.84. The highest BCUT2D eigenvalue weighted by molar-refractivity contribution is 5.86. The van der Waals surface area contributed by atoms with Crippen molar-refractivity contribution in [1.82, 2.24) is 9.97 Å². The zero-order chi connectivity index (χ0) is 17.4. The molecule has 1 aliphatic heterocycles. The first-order chi connectivity index (χ1) is 12.1. The van der Waals surface area contributed by atoms with Crippen molar-refractivity contribution in [1.29, 1.82) is 0 Å². The van der Waals surface area contributed by atoms with Crippen molar-refractivity contribution < 1.29 is 4.79 Å². The summed E-state index contributed by atoms with van der Waals surface area (Å²) >= 11 is 0. The van der Waals surface area contributed by atoms with Crippen LogP contribution in [0.2, 0.25) is 0 Å². The Balaban J connectivity index is 1.52. The second-order valence-corrected chi connectivity index (χ2v) is 6.84. The van der Waals surface area contributed by atoms with Crippen LogP contribution in [0.5, 0.6) is 0 Å². The van der Waals surface area contributed by atoms with Gasteiger partial charge in [-0.05, 0) is 50.1 Å². The highest BCUT2D eigenvalue weighted by atomic mass is 16.1. The van der Waals surface area contributed by atoms with Crippen LogP contribution in [0.15, 0.2) is 42.6 Å². The third kappa shape index (κ3) is 3.09. The summed E-state index contributed by atoms with van der Waals surface area (Å²) in [5.74, 6) is 0.779. The van der Waals surface area contributed by atoms with Crippen LogP contribution in [0.3, 0.4) is 0 Å². The maximum absolute atomic E-state index is 11.3. The van der Waals surface area contributed by atoms with Crippen molar-refractivity contribution in [2.24, 2.45) is 11.7 Å². The van der Waals surface area contributed by atoms with E-state index < -0.39 is 0 Å². The van der Waals surface area contributed by atoms with Gasteiger partial charge in [-0.1, -0.05) is 11.6 Å². The fraction of sp³-hybridized carbons (Fsp3) is 0.300. The van der Waals surface area contributed by atoms with E-state index in [1.54, 1.807) is 0 Å². The molecule has 0 saturated carbocycles. The molecule has 0 atom stereocenters. The highest BCUT2D eigenvalue weighted by Gasteiger charge is 2.23. The van der Waals surface area contributed by atoms with Gasteiger partial charge in [-0.3, -0.25) is 4.79 Å². The number of anilines is 1. The Morgan fingerprint density at radius 1 is 1.20 bits per heavy atom. The molecule has 1 aromatic carbocycles. The monoisotopic (exact) mass is 334 g/mol. The summed E-state index contributed by atoms with van der Waals surface area (Å²) in [6.07, 6.45) is 3.52. The number of aromatic nitrogens is 2. The lowest BCUT2D eigenvalue weighted by molar-refractivity contribution is -0.122. The van der Waals surface area contributed by atoms with Gasteiger partial charge in [0.05, 0.1) is 0 Å². The van der Waals surface area contributed by atoms with E-state index >= 15 is 0 Å². The van der Waals surface area contributed by atoms with Crippen LogP contribution in [0.25, 0.3) is 22.2 Å². The first-order valence-corrected chi connectivity index (χ1v) is 8.70. The number of rotatable bonds is 3. The predicted octanol–water partition coefficient (Wildman–Crippen LogP) is 3.24. The summed E-state index contributed by atoms with van der Waals surface area (Å²) in [6.45, 7) is 3.75. The van der Waals surface area contributed by atoms with Crippen molar-refractivity contribution >= 4 is 22.6 Å². The number of carbonyl (C=O) groups is 1. The molecule has 1 amide bonds. The predicted molar refractivity (Wildman–Crippen MR) is 100 cm³/mol. The third-order valence-electron chi connectivity index (χ3n) is 5.06. The number of amides is 1. The van der Waals surface area contributed by atoms with Crippen molar-refractivity contribution in [3.63, 3.8) is 0 Å². The van der Waals surface area contributed by atoms with E-state index in [-0.39, 0.29) is 11.8 Å². The van der Waals surface area contributed by atoms with E-state index in [9.17, 15) is 4.79 Å². The number of benzene rings is 1. The normalized spacial score (nSPS) is 15.6. The number of H-pyrrole nitrogens is 1. The summed E-state index contributed by atoms with van der Waals surface area (Å²) in [5, 5.41) is 1.22. The quantitative estimate of drug-likeness (QED) is 0.772. The molecular formula is C20H22N4O. The average molecular weight is 334 g/mol. The van der Waals surface area contributed by atoms with E-state index in [1.807, 2.05) is 6.20 Å². The Morgan fingerprint density at radius 3 is 2.68 bits per heavy atom. The molecule has 1 saturated heterocycles. The van der Waals surface area contributed by atoms with Crippen molar-refractivity contribution in [3.8, 4) is 11.3 Å². The molecule has 5 heteroatoms. The van der Waals surface area contributed by atoms with E-state index in [2.05, 4.69) is 58.2 Å². The van der Waals surface area contributed by atoms with Gasteiger partial charge in [0.2, 0.25) is 5.91 Å². The Morgan fingerprint density at radius 2 is 2.00 bits per heavy atom. The number of aromatic amines is 1. The first kappa shape index (κ1) is 15.7. The molecule has 4 rings (SSSR count). The summed E-state index contributed by atoms with van der Waals surface area (Å²) in [6, 6.07) is 12.7. The number of pyridine rings is 1. The minimum atomic E-state index is -0.183. The zero-order valence-corrected chi connectivity index (χ0v) is 14.3. The minimum Gasteiger partial charge on any atom is -0.369 e. The second kappa shape index (κ2) is 6.24. The molecule has 128 valence electrons. The molecular weight excluding hydrogens is 312 g/mol. The van der Waals surface area contributed by atoms with Crippen LogP contribution in [0, 0.1) is 12.8 Å². The molecule has 1 fully saturated rings. The lowest BCUT2D eigenvalue weighted by atomic mass is 9.96. The van der Waals surface area contributed by atoms with Crippen LogP contribution >= 0.6 is 0 Å². The fourth-order valence-corrected chi connectivity index (χ4v) is 3.53. The van der Waals surface area contributed by atoms with Gasteiger partial charge >= 0.3 is 0 Å². The number of piperidine rings is 1. The average Bonchev–Trinajstić information content (AvgIpc) is 3.05. The maximum atomic E-state index is 11.3. The van der Waals surface area contributed by atoms with Gasteiger partial charge in [0.1, 0.15) is 5.82 Å². The summed E-state index contributed by atoms with van der Waals surface area (Å²) in [5.41, 5.74) is 9.94. The van der Waals surface area contributed by atoms with Gasteiger partial charge in [0.15, 0.2) is 0 Å². The maximum Gasteiger partial charge on any atom is 0.220 e. The standard InChI is InChI=1S/C20H22N4O/c1-13-2-4-17-16(10-13)11-18(23-17)15-3-5-19(22-12-15)24-8-6-14(7-9-24)20(21)25/h2-5,10-12,14,23H,6-9H2,1H3,(H2,21,25). The molecule has 2 aromatic heterocycles. The number of carbonyl (C=O) groups excluding carboxylic acids is 1. The Labute approximate surface area is 146 Å². The van der Waals surface area contributed by atoms with Crippen LogP contribution in [-0.4, -0.2) is 29.0 Å². The SMILES string of the molecule is Cc1ccc2[nH]c(-c3ccc(N4CCC(C(N)=O)CC4)nc3)cc2c1. The molecule has 0 unspecified atom stereocenters. The number of hydrogen-bond donors (Lipinski definition) is 2. The summed E-state index contributed by atoms with van der Waals surface area (Å²) < 4.78 is 0. The van der Waals surface area contributed by atoms with Crippen molar-refractivity contribution in [2.75, 3.05) is 18.0 Å². The van der Waals surface area contributed by atoms with Gasteiger partial charge in [-0.15, -0.1) is 0 Å². The Hall–Kier alpha value is -2.82. The molecule has 5 nitrogen and oxygen atoms in total. The number of aryl methyl sites for hydroxylation is 1. The van der Waals surface area contributed by atoms with Crippen molar-refractivity contribution in [2.45, 2.75) is 19.8 Å². The molecule has 0 aliphatic carbocycles. The molecule has 25 heavy (non-hydrogen) atoms. The number of primary amides is 1. The number of nitrogens with one attached hydrogen (secondary N) is 1. The molecule has 0 spiro atoms. The van der Waals surface area contributed by atoms with E-state index in [4.69, 9.17) is 5.73 Å². The number of nitrogens with zero attached hydrogens (tertiary/aromatic N) is 2. The van der Waals surface area contributed by atoms with Crippen LogP contribution in [0.4, 0.5) is 5.82 Å². The minimum absolute atomic E-state index is 0.00493. The van der Waals surface area contributed by atoms with Gasteiger partial charge in [-0.2, -0.15) is 0 Å². The third-order valence-corrected chi connectivity index (χ3v) is 5.06. The van der Waals surface area contributed by atoms with E-state index in [0.29, 0.717) is 0 Å². The number of hydrogen-bond acceptors (Lipinski definition) is 3. The van der Waals surface area contributed by atoms with Crippen LogP contribution < -0.4 is 10.6 Å². The molecule has 1 aliphatic rings. The molecule has 3 N–H and O–H groups in total. The lowest BCUT2D eigenvalue weighted by Crippen LogP contribution is -2.38. The van der Waals surface area contributed by atoms with E-state index in [0.717, 1.165) is 48.5 Å². The number of nitrogens with two attached hydrogens (primary N) is 1. The van der Waals surface area contributed by atoms with Gasteiger partial charge in [-0.25, -0.2) is 4.98 Å². The van der Waals surface area contributed by atoms with Gasteiger partial charge in [0.25, 0.3) is 0 Å². The Kier molecular flexibility index (Phi) is 3.92. The van der Waals surface area contributed by atoms with E-state index in [1.165, 1.54) is 10.9 Å². The van der Waals surface area contributed by atoms with Gasteiger partial charge in [0, 0.05) is 47.4 Å². The smallest absolute Gasteiger partial charge is 0.220 e. The lowest BCUT2D eigenvalue weighted by Gasteiger charge is -2.31. The highest BCUT2D eigenvalue weighted by Crippen LogP contribution is 2.27. The number of fused-ring (bicyclic) bond motifs is 1. The first-order valence-electron chi connectivity index (χ1n) is 8.70. The van der Waals surface area contributed by atoms with Crippen molar-refractivity contribution in [3.05, 3.63) is 48.2 Å².